The first-order valence-corrected chi connectivity index (χ1v) is 7.99. The molecule has 0 saturated heterocycles. The molecule has 0 aliphatic heterocycles. The molecule has 112 valence electrons. The van der Waals surface area contributed by atoms with Gasteiger partial charge in [0.25, 0.3) is 11.3 Å². The molecule has 1 aliphatic carbocycles. The summed E-state index contributed by atoms with van der Waals surface area (Å²) in [6.45, 7) is 0.619. The fourth-order valence-electron chi connectivity index (χ4n) is 2.80. The van der Waals surface area contributed by atoms with Gasteiger partial charge in [0.2, 0.25) is 5.95 Å². The van der Waals surface area contributed by atoms with Crippen molar-refractivity contribution in [3.05, 3.63) is 55.9 Å². The third kappa shape index (κ3) is 2.31. The van der Waals surface area contributed by atoms with Crippen molar-refractivity contribution >= 4 is 27.7 Å². The Kier molecular flexibility index (Phi) is 3.22. The molecule has 0 spiro atoms. The number of benzene rings is 1. The number of aromatic nitrogens is 4. The van der Waals surface area contributed by atoms with Crippen molar-refractivity contribution in [1.82, 2.24) is 19.6 Å². The molecular weight excluding hydrogens is 346 g/mol. The normalized spacial score (nSPS) is 13.5. The minimum atomic E-state index is -0.0273. The van der Waals surface area contributed by atoms with E-state index in [2.05, 4.69) is 36.3 Å². The first kappa shape index (κ1) is 13.5. The molecule has 0 atom stereocenters. The predicted molar refractivity (Wildman–Crippen MR) is 87.1 cm³/mol. The van der Waals surface area contributed by atoms with Gasteiger partial charge in [-0.2, -0.15) is 9.50 Å². The van der Waals surface area contributed by atoms with Crippen molar-refractivity contribution in [2.75, 3.05) is 5.32 Å². The number of halogens is 1. The molecule has 0 radical (unpaired) electrons. The maximum Gasteiger partial charge on any atom is 0.277 e. The third-order valence-electron chi connectivity index (χ3n) is 3.86. The van der Waals surface area contributed by atoms with Gasteiger partial charge in [-0.15, -0.1) is 0 Å². The zero-order chi connectivity index (χ0) is 15.1. The molecule has 22 heavy (non-hydrogen) atoms. The van der Waals surface area contributed by atoms with Crippen LogP contribution in [0.2, 0.25) is 0 Å². The lowest BCUT2D eigenvalue weighted by atomic mass is 10.2. The molecule has 0 amide bonds. The molecule has 3 aromatic rings. The summed E-state index contributed by atoms with van der Waals surface area (Å²) in [7, 11) is 0. The van der Waals surface area contributed by atoms with Gasteiger partial charge < -0.3 is 5.32 Å². The first-order chi connectivity index (χ1) is 10.7. The predicted octanol–water partition coefficient (Wildman–Crippen LogP) is 2.28. The summed E-state index contributed by atoms with van der Waals surface area (Å²) in [5, 5.41) is 6.18. The van der Waals surface area contributed by atoms with Crippen molar-refractivity contribution in [1.29, 1.82) is 0 Å². The van der Waals surface area contributed by atoms with Crippen LogP contribution in [0.1, 0.15) is 23.2 Å². The molecule has 0 fully saturated rings. The Bertz CT molecular complexity index is 914. The summed E-state index contributed by atoms with van der Waals surface area (Å²) in [4.78, 5) is 21.2. The van der Waals surface area contributed by atoms with Gasteiger partial charge in [-0.05, 0) is 37.0 Å². The lowest BCUT2D eigenvalue weighted by molar-refractivity contribution is 0.868. The smallest absolute Gasteiger partial charge is 0.277 e. The number of hydrogen-bond donors (Lipinski definition) is 2. The van der Waals surface area contributed by atoms with Gasteiger partial charge in [0.1, 0.15) is 0 Å². The van der Waals surface area contributed by atoms with E-state index in [9.17, 15) is 4.79 Å². The average Bonchev–Trinajstić information content (AvgIpc) is 3.12. The van der Waals surface area contributed by atoms with E-state index in [0.29, 0.717) is 18.3 Å². The van der Waals surface area contributed by atoms with Gasteiger partial charge in [-0.25, -0.2) is 4.98 Å². The number of nitrogens with one attached hydrogen (secondary N) is 2. The second-order valence-corrected chi connectivity index (χ2v) is 6.30. The van der Waals surface area contributed by atoms with Crippen LogP contribution in [0, 0.1) is 0 Å². The summed E-state index contributed by atoms with van der Waals surface area (Å²) in [6, 6.07) is 8.03. The molecular formula is C15H14BrN5O. The van der Waals surface area contributed by atoms with Crippen LogP contribution >= 0.6 is 15.9 Å². The van der Waals surface area contributed by atoms with Crippen LogP contribution in [-0.2, 0) is 19.4 Å². The fraction of sp³-hybridized carbons (Fsp3) is 0.267. The minimum absolute atomic E-state index is 0.0273. The molecule has 7 heteroatoms. The van der Waals surface area contributed by atoms with Crippen LogP contribution in [0.25, 0.3) is 5.78 Å². The lowest BCUT2D eigenvalue weighted by Crippen LogP contribution is -2.20. The van der Waals surface area contributed by atoms with E-state index in [1.165, 1.54) is 4.52 Å². The number of rotatable bonds is 3. The second kappa shape index (κ2) is 5.24. The van der Waals surface area contributed by atoms with Crippen LogP contribution in [-0.4, -0.2) is 19.6 Å². The zero-order valence-electron chi connectivity index (χ0n) is 11.8. The van der Waals surface area contributed by atoms with Crippen molar-refractivity contribution in [2.24, 2.45) is 0 Å². The minimum Gasteiger partial charge on any atom is -0.351 e. The van der Waals surface area contributed by atoms with Gasteiger partial charge in [0, 0.05) is 16.6 Å². The van der Waals surface area contributed by atoms with Crippen molar-refractivity contribution in [2.45, 2.75) is 25.8 Å². The number of hydrogen-bond acceptors (Lipinski definition) is 4. The van der Waals surface area contributed by atoms with Crippen LogP contribution < -0.4 is 10.9 Å². The Balaban J connectivity index is 1.63. The molecule has 6 nitrogen and oxygen atoms in total. The molecule has 2 aromatic heterocycles. The van der Waals surface area contributed by atoms with Crippen LogP contribution in [0.15, 0.2) is 33.5 Å². The highest BCUT2D eigenvalue weighted by molar-refractivity contribution is 9.10. The lowest BCUT2D eigenvalue weighted by Gasteiger charge is -2.02. The molecule has 0 saturated carbocycles. The molecule has 0 unspecified atom stereocenters. The van der Waals surface area contributed by atoms with E-state index in [1.807, 2.05) is 24.3 Å². The van der Waals surface area contributed by atoms with Crippen LogP contribution in [0.3, 0.4) is 0 Å². The summed E-state index contributed by atoms with van der Waals surface area (Å²) in [6.07, 6.45) is 2.68. The van der Waals surface area contributed by atoms with Gasteiger partial charge in [0.15, 0.2) is 0 Å². The molecule has 1 aromatic carbocycles. The van der Waals surface area contributed by atoms with Gasteiger partial charge in [-0.3, -0.25) is 9.89 Å². The Morgan fingerprint density at radius 3 is 3.09 bits per heavy atom. The Morgan fingerprint density at radius 1 is 1.32 bits per heavy atom. The standard InChI is InChI=1S/C15H14BrN5O/c16-10-4-1-3-9(7-10)8-17-14-19-15-18-12-6-2-5-11(12)13(22)21(15)20-14/h1,3-4,7H,2,5-6,8H2,(H2,17,18,19,20). The third-order valence-corrected chi connectivity index (χ3v) is 4.36. The van der Waals surface area contributed by atoms with Crippen molar-refractivity contribution in [3.8, 4) is 0 Å². The molecule has 1 aliphatic rings. The van der Waals surface area contributed by atoms with Crippen molar-refractivity contribution < 1.29 is 0 Å². The Morgan fingerprint density at radius 2 is 2.23 bits per heavy atom. The highest BCUT2D eigenvalue weighted by atomic mass is 79.9. The SMILES string of the molecule is O=c1c2c(nc3nc(NCc4cccc(Br)c4)[nH]n13)CCC2. The highest BCUT2D eigenvalue weighted by Gasteiger charge is 2.19. The van der Waals surface area contributed by atoms with Gasteiger partial charge in [-0.1, -0.05) is 28.1 Å². The molecule has 4 rings (SSSR count). The van der Waals surface area contributed by atoms with E-state index in [1.54, 1.807) is 0 Å². The maximum atomic E-state index is 12.4. The summed E-state index contributed by atoms with van der Waals surface area (Å²) in [5.74, 6) is 0.982. The number of anilines is 1. The van der Waals surface area contributed by atoms with E-state index in [4.69, 9.17) is 0 Å². The number of aryl methyl sites for hydroxylation is 1. The monoisotopic (exact) mass is 359 g/mol. The molecule has 2 heterocycles. The topological polar surface area (TPSA) is 75.1 Å². The quantitative estimate of drug-likeness (QED) is 0.752. The largest absolute Gasteiger partial charge is 0.351 e. The molecule has 0 bridgehead atoms. The van der Waals surface area contributed by atoms with E-state index < -0.39 is 0 Å². The number of nitrogens with zero attached hydrogens (tertiary/aromatic N) is 3. The van der Waals surface area contributed by atoms with E-state index in [-0.39, 0.29) is 5.56 Å². The highest BCUT2D eigenvalue weighted by Crippen LogP contribution is 2.17. The van der Waals surface area contributed by atoms with Gasteiger partial charge in [0.05, 0.1) is 5.69 Å². The van der Waals surface area contributed by atoms with Crippen LogP contribution in [0.5, 0.6) is 0 Å². The van der Waals surface area contributed by atoms with E-state index in [0.717, 1.165) is 40.6 Å². The van der Waals surface area contributed by atoms with Crippen molar-refractivity contribution in [3.63, 3.8) is 0 Å². The maximum absolute atomic E-state index is 12.4. The number of H-pyrrole nitrogens is 1. The fourth-order valence-corrected chi connectivity index (χ4v) is 3.24. The first-order valence-electron chi connectivity index (χ1n) is 7.19. The summed E-state index contributed by atoms with van der Waals surface area (Å²) in [5.41, 5.74) is 2.81. The summed E-state index contributed by atoms with van der Waals surface area (Å²) < 4.78 is 2.46. The van der Waals surface area contributed by atoms with Gasteiger partial charge >= 0.3 is 0 Å². The zero-order valence-corrected chi connectivity index (χ0v) is 13.4. The van der Waals surface area contributed by atoms with E-state index >= 15 is 0 Å². The second-order valence-electron chi connectivity index (χ2n) is 5.39. The Hall–Kier alpha value is -2.15. The number of aromatic amines is 1. The molecule has 2 N–H and O–H groups in total. The Labute approximate surface area is 134 Å². The number of fused-ring (bicyclic) bond motifs is 2. The average molecular weight is 360 g/mol. The summed E-state index contributed by atoms with van der Waals surface area (Å²) >= 11 is 3.45. The van der Waals surface area contributed by atoms with Crippen LogP contribution in [0.4, 0.5) is 5.95 Å².